The second-order valence-corrected chi connectivity index (χ2v) is 9.71. The van der Waals surface area contributed by atoms with Crippen molar-refractivity contribution in [2.45, 2.75) is 56.7 Å². The average Bonchev–Trinajstić information content (AvgIpc) is 3.01. The molecule has 1 radical (unpaired) electrons. The SMILES string of the molecule is CCCCCCCC(OC(=O)C(O[C]=O)(c1ccccc1)c1ccccc1)(c1ccccc1)c1ccccc1. The van der Waals surface area contributed by atoms with Crippen molar-refractivity contribution in [3.63, 3.8) is 0 Å². The molecule has 199 valence electrons. The van der Waals surface area contributed by atoms with E-state index in [9.17, 15) is 9.59 Å². The van der Waals surface area contributed by atoms with Gasteiger partial charge in [0.25, 0.3) is 5.60 Å². The first kappa shape index (κ1) is 27.8. The van der Waals surface area contributed by atoms with E-state index in [1.54, 1.807) is 30.7 Å². The molecule has 0 saturated carbocycles. The van der Waals surface area contributed by atoms with Crippen LogP contribution in [0, 0.1) is 0 Å². The fraction of sp³-hybridized carbons (Fsp3) is 0.257. The fourth-order valence-corrected chi connectivity index (χ4v) is 5.22. The van der Waals surface area contributed by atoms with Crippen molar-refractivity contribution in [1.82, 2.24) is 0 Å². The van der Waals surface area contributed by atoms with Crippen LogP contribution in [0.5, 0.6) is 0 Å². The summed E-state index contributed by atoms with van der Waals surface area (Å²) in [4.78, 5) is 26.5. The predicted molar refractivity (Wildman–Crippen MR) is 154 cm³/mol. The first-order chi connectivity index (χ1) is 19.2. The number of ether oxygens (including phenoxy) is 2. The summed E-state index contributed by atoms with van der Waals surface area (Å²) in [6.07, 6.45) is 5.90. The van der Waals surface area contributed by atoms with E-state index >= 15 is 0 Å². The molecule has 0 spiro atoms. The summed E-state index contributed by atoms with van der Waals surface area (Å²) in [6.45, 7) is 3.76. The lowest BCUT2D eigenvalue weighted by Crippen LogP contribution is -2.46. The summed E-state index contributed by atoms with van der Waals surface area (Å²) < 4.78 is 12.4. The number of hydrogen-bond donors (Lipinski definition) is 0. The highest BCUT2D eigenvalue weighted by molar-refractivity contribution is 5.87. The quantitative estimate of drug-likeness (QED) is 0.126. The third-order valence-corrected chi connectivity index (χ3v) is 7.22. The van der Waals surface area contributed by atoms with Crippen molar-refractivity contribution in [3.05, 3.63) is 144 Å². The number of benzene rings is 4. The minimum atomic E-state index is -1.83. The number of carbonyl (C=O) groups is 1. The van der Waals surface area contributed by atoms with E-state index in [-0.39, 0.29) is 0 Å². The molecule has 4 rings (SSSR count). The van der Waals surface area contributed by atoms with Gasteiger partial charge in [-0.2, -0.15) is 0 Å². The van der Waals surface area contributed by atoms with Crippen LogP contribution >= 0.6 is 0 Å². The first-order valence-corrected chi connectivity index (χ1v) is 13.7. The molecule has 0 heterocycles. The second kappa shape index (κ2) is 13.6. The number of carbonyl (C=O) groups excluding carboxylic acids is 2. The van der Waals surface area contributed by atoms with E-state index in [1.165, 1.54) is 0 Å². The zero-order chi connectivity index (χ0) is 27.4. The van der Waals surface area contributed by atoms with Gasteiger partial charge in [0.05, 0.1) is 0 Å². The van der Waals surface area contributed by atoms with Crippen LogP contribution in [-0.2, 0) is 30.3 Å². The number of hydrogen-bond acceptors (Lipinski definition) is 4. The highest BCUT2D eigenvalue weighted by Crippen LogP contribution is 2.43. The lowest BCUT2D eigenvalue weighted by molar-refractivity contribution is -0.175. The molecule has 4 aromatic carbocycles. The molecular formula is C35H35O4. The summed E-state index contributed by atoms with van der Waals surface area (Å²) >= 11 is 0. The van der Waals surface area contributed by atoms with Crippen molar-refractivity contribution in [3.8, 4) is 0 Å². The molecule has 0 amide bonds. The largest absolute Gasteiger partial charge is 0.446 e. The molecule has 0 unspecified atom stereocenters. The van der Waals surface area contributed by atoms with Gasteiger partial charge >= 0.3 is 12.4 Å². The fourth-order valence-electron chi connectivity index (χ4n) is 5.22. The van der Waals surface area contributed by atoms with Crippen molar-refractivity contribution < 1.29 is 19.1 Å². The van der Waals surface area contributed by atoms with Crippen LogP contribution < -0.4 is 0 Å². The second-order valence-electron chi connectivity index (χ2n) is 9.71. The zero-order valence-corrected chi connectivity index (χ0v) is 22.4. The van der Waals surface area contributed by atoms with E-state index < -0.39 is 17.2 Å². The van der Waals surface area contributed by atoms with Gasteiger partial charge in [0, 0.05) is 22.3 Å². The Labute approximate surface area is 231 Å². The van der Waals surface area contributed by atoms with Gasteiger partial charge in [-0.05, 0) is 12.8 Å². The molecule has 39 heavy (non-hydrogen) atoms. The van der Waals surface area contributed by atoms with Gasteiger partial charge in [-0.1, -0.05) is 154 Å². The van der Waals surface area contributed by atoms with E-state index in [4.69, 9.17) is 9.47 Å². The normalized spacial score (nSPS) is 11.5. The molecule has 0 aliphatic carbocycles. The van der Waals surface area contributed by atoms with Crippen LogP contribution in [0.2, 0.25) is 0 Å². The Kier molecular flexibility index (Phi) is 9.69. The van der Waals surface area contributed by atoms with Gasteiger partial charge in [-0.15, -0.1) is 0 Å². The molecule has 0 N–H and O–H groups in total. The third-order valence-electron chi connectivity index (χ3n) is 7.22. The van der Waals surface area contributed by atoms with Crippen LogP contribution in [0.15, 0.2) is 121 Å². The maximum atomic E-state index is 14.6. The molecule has 0 fully saturated rings. The molecule has 4 aromatic rings. The van der Waals surface area contributed by atoms with Gasteiger partial charge in [0.1, 0.15) is 0 Å². The molecule has 4 nitrogen and oxygen atoms in total. The minimum absolute atomic E-state index is 0.488. The van der Waals surface area contributed by atoms with Crippen LogP contribution in [0.3, 0.4) is 0 Å². The minimum Gasteiger partial charge on any atom is -0.446 e. The van der Waals surface area contributed by atoms with Crippen molar-refractivity contribution in [2.24, 2.45) is 0 Å². The van der Waals surface area contributed by atoms with Gasteiger partial charge < -0.3 is 9.47 Å². The average molecular weight is 520 g/mol. The van der Waals surface area contributed by atoms with E-state index in [2.05, 4.69) is 6.92 Å². The van der Waals surface area contributed by atoms with Gasteiger partial charge in [0.2, 0.25) is 0 Å². The van der Waals surface area contributed by atoms with Crippen molar-refractivity contribution in [1.29, 1.82) is 0 Å². The molecule has 4 heteroatoms. The Hall–Kier alpha value is -4.18. The predicted octanol–water partition coefficient (Wildman–Crippen LogP) is 7.86. The summed E-state index contributed by atoms with van der Waals surface area (Å²) in [5.74, 6) is -0.676. The van der Waals surface area contributed by atoms with Gasteiger partial charge in [0.15, 0.2) is 5.60 Å². The number of esters is 1. The lowest BCUT2D eigenvalue weighted by Gasteiger charge is -2.39. The molecular weight excluding hydrogens is 484 g/mol. The zero-order valence-electron chi connectivity index (χ0n) is 22.4. The molecule has 0 aromatic heterocycles. The smallest absolute Gasteiger partial charge is 0.419 e. The monoisotopic (exact) mass is 519 g/mol. The molecule has 0 aliphatic rings. The van der Waals surface area contributed by atoms with Crippen molar-refractivity contribution in [2.75, 3.05) is 0 Å². The van der Waals surface area contributed by atoms with E-state index in [0.29, 0.717) is 17.5 Å². The summed E-state index contributed by atoms with van der Waals surface area (Å²) in [7, 11) is 0. The Morgan fingerprint density at radius 2 is 1.03 bits per heavy atom. The maximum Gasteiger partial charge on any atom is 0.419 e. The number of rotatable bonds is 14. The summed E-state index contributed by atoms with van der Waals surface area (Å²) in [6, 6.07) is 37.7. The standard InChI is InChI=1S/C35H35O4/c1-2-3-4-5-18-27-34(29-19-10-6-11-20-29,30-21-12-7-13-22-30)39-33(37)35(38-28-36,31-23-14-8-15-24-31)32-25-16-9-17-26-32/h6-17,19-26H,2-5,18,27H2,1H3. The van der Waals surface area contributed by atoms with Crippen LogP contribution in [-0.4, -0.2) is 12.4 Å². The Balaban J connectivity index is 1.88. The highest BCUT2D eigenvalue weighted by atomic mass is 16.6. The van der Waals surface area contributed by atoms with Crippen molar-refractivity contribution >= 4 is 12.4 Å². The topological polar surface area (TPSA) is 52.6 Å². The Morgan fingerprint density at radius 1 is 0.615 bits per heavy atom. The van der Waals surface area contributed by atoms with Crippen LogP contribution in [0.4, 0.5) is 0 Å². The highest BCUT2D eigenvalue weighted by Gasteiger charge is 2.51. The van der Waals surface area contributed by atoms with Gasteiger partial charge in [-0.3, -0.25) is 0 Å². The molecule has 0 aliphatic heterocycles. The molecule has 0 bridgehead atoms. The first-order valence-electron chi connectivity index (χ1n) is 13.7. The number of unbranched alkanes of at least 4 members (excludes halogenated alkanes) is 4. The molecule has 0 saturated heterocycles. The molecule has 0 atom stereocenters. The van der Waals surface area contributed by atoms with Crippen LogP contribution in [0.25, 0.3) is 0 Å². The van der Waals surface area contributed by atoms with E-state index in [1.807, 2.05) is 97.1 Å². The Bertz CT molecular complexity index is 1210. The lowest BCUT2D eigenvalue weighted by atomic mass is 9.80. The van der Waals surface area contributed by atoms with E-state index in [0.717, 1.165) is 43.2 Å². The third kappa shape index (κ3) is 6.12. The summed E-state index contributed by atoms with van der Waals surface area (Å²) in [5, 5.41) is 0. The summed E-state index contributed by atoms with van der Waals surface area (Å²) in [5.41, 5.74) is -0.214. The van der Waals surface area contributed by atoms with Crippen LogP contribution in [0.1, 0.15) is 67.7 Å². The van der Waals surface area contributed by atoms with Gasteiger partial charge in [-0.25, -0.2) is 9.59 Å². The Morgan fingerprint density at radius 3 is 1.44 bits per heavy atom. The maximum absolute atomic E-state index is 14.6.